The summed E-state index contributed by atoms with van der Waals surface area (Å²) in [5.41, 5.74) is 11.5. The van der Waals surface area contributed by atoms with Crippen LogP contribution in [0.25, 0.3) is 0 Å². The molecule has 2 bridgehead atoms. The van der Waals surface area contributed by atoms with Crippen molar-refractivity contribution in [2.24, 2.45) is 35.1 Å². The number of rotatable bonds is 2. The third-order valence-electron chi connectivity index (χ3n) is 3.63. The highest BCUT2D eigenvalue weighted by atomic mass is 14.6. The van der Waals surface area contributed by atoms with Gasteiger partial charge in [0.1, 0.15) is 0 Å². The summed E-state index contributed by atoms with van der Waals surface area (Å²) in [6.07, 6.45) is 7.38. The first kappa shape index (κ1) is 8.27. The topological polar surface area (TPSA) is 52.0 Å². The van der Waals surface area contributed by atoms with E-state index in [-0.39, 0.29) is 0 Å². The molecule has 0 radical (unpaired) electrons. The third-order valence-corrected chi connectivity index (χ3v) is 3.63. The van der Waals surface area contributed by atoms with Crippen LogP contribution in [-0.2, 0) is 0 Å². The summed E-state index contributed by atoms with van der Waals surface area (Å²) >= 11 is 0. The van der Waals surface area contributed by atoms with Gasteiger partial charge in [0.05, 0.1) is 0 Å². The smallest absolute Gasteiger partial charge is 0.00399 e. The fraction of sp³-hybridized carbons (Fsp3) is 0.800. The molecule has 0 unspecified atom stereocenters. The molecule has 3 rings (SSSR count). The Hall–Kier alpha value is -0.340. The molecule has 4 N–H and O–H groups in total. The summed E-state index contributed by atoms with van der Waals surface area (Å²) < 4.78 is 0. The van der Waals surface area contributed by atoms with Gasteiger partial charge < -0.3 is 11.5 Å². The van der Waals surface area contributed by atoms with Crippen LogP contribution in [-0.4, -0.2) is 13.1 Å². The summed E-state index contributed by atoms with van der Waals surface area (Å²) in [5.74, 6) is 2.79. The first-order valence-electron chi connectivity index (χ1n) is 4.95. The molecule has 0 amide bonds. The first-order chi connectivity index (χ1) is 5.86. The molecule has 0 aliphatic heterocycles. The van der Waals surface area contributed by atoms with Gasteiger partial charge in [-0.2, -0.15) is 0 Å². The molecule has 0 aromatic heterocycles. The van der Waals surface area contributed by atoms with Crippen molar-refractivity contribution in [1.29, 1.82) is 0 Å². The van der Waals surface area contributed by atoms with Crippen LogP contribution in [0.4, 0.5) is 0 Å². The van der Waals surface area contributed by atoms with Gasteiger partial charge in [0.25, 0.3) is 0 Å². The maximum Gasteiger partial charge on any atom is -0.00399 e. The molecule has 0 aromatic carbocycles. The quantitative estimate of drug-likeness (QED) is 0.594. The minimum atomic E-state index is 0.666. The van der Waals surface area contributed by atoms with Gasteiger partial charge in [-0.3, -0.25) is 0 Å². The molecule has 3 aliphatic rings. The van der Waals surface area contributed by atoms with Crippen LogP contribution in [0.5, 0.6) is 0 Å². The first-order valence-corrected chi connectivity index (χ1v) is 4.95. The van der Waals surface area contributed by atoms with E-state index in [0.717, 1.165) is 24.9 Å². The predicted molar refractivity (Wildman–Crippen MR) is 50.4 cm³/mol. The number of hydrogen-bond acceptors (Lipinski definition) is 2. The normalized spacial score (nSPS) is 45.2. The van der Waals surface area contributed by atoms with Gasteiger partial charge in [-0.1, -0.05) is 12.2 Å². The zero-order valence-electron chi connectivity index (χ0n) is 7.45. The molecule has 1 saturated carbocycles. The van der Waals surface area contributed by atoms with Gasteiger partial charge >= 0.3 is 0 Å². The Morgan fingerprint density at radius 3 is 1.58 bits per heavy atom. The van der Waals surface area contributed by atoms with E-state index >= 15 is 0 Å². The highest BCUT2D eigenvalue weighted by Gasteiger charge is 2.38. The molecule has 2 nitrogen and oxygen atoms in total. The van der Waals surface area contributed by atoms with Crippen molar-refractivity contribution in [1.82, 2.24) is 0 Å². The molecule has 2 heteroatoms. The van der Waals surface area contributed by atoms with E-state index in [1.807, 2.05) is 0 Å². The van der Waals surface area contributed by atoms with Crippen LogP contribution >= 0.6 is 0 Å². The zero-order valence-corrected chi connectivity index (χ0v) is 7.45. The number of hydrogen-bond donors (Lipinski definition) is 2. The zero-order chi connectivity index (χ0) is 8.55. The van der Waals surface area contributed by atoms with Crippen molar-refractivity contribution >= 4 is 0 Å². The largest absolute Gasteiger partial charge is 0.330 e. The second-order valence-electron chi connectivity index (χ2n) is 4.09. The van der Waals surface area contributed by atoms with Gasteiger partial charge in [-0.05, 0) is 49.6 Å². The van der Waals surface area contributed by atoms with Gasteiger partial charge in [0, 0.05) is 0 Å². The van der Waals surface area contributed by atoms with Crippen molar-refractivity contribution in [2.45, 2.75) is 12.8 Å². The Bertz CT molecular complexity index is 168. The van der Waals surface area contributed by atoms with E-state index in [1.54, 1.807) is 0 Å². The molecule has 0 aromatic rings. The second-order valence-corrected chi connectivity index (χ2v) is 4.09. The molecular formula is C10H18N2. The highest BCUT2D eigenvalue weighted by Crippen LogP contribution is 2.43. The van der Waals surface area contributed by atoms with Crippen molar-refractivity contribution in [2.75, 3.05) is 13.1 Å². The minimum absolute atomic E-state index is 0.666. The van der Waals surface area contributed by atoms with Gasteiger partial charge in [-0.25, -0.2) is 0 Å². The summed E-state index contributed by atoms with van der Waals surface area (Å²) in [6, 6.07) is 0. The molecule has 0 saturated heterocycles. The molecule has 12 heavy (non-hydrogen) atoms. The molecule has 0 spiro atoms. The Kier molecular flexibility index (Phi) is 2.20. The van der Waals surface area contributed by atoms with E-state index in [1.165, 1.54) is 12.8 Å². The highest BCUT2D eigenvalue weighted by molar-refractivity contribution is 5.09. The van der Waals surface area contributed by atoms with Crippen LogP contribution in [0.3, 0.4) is 0 Å². The molecule has 4 atom stereocenters. The van der Waals surface area contributed by atoms with E-state index < -0.39 is 0 Å². The Morgan fingerprint density at radius 1 is 0.917 bits per heavy atom. The van der Waals surface area contributed by atoms with E-state index in [4.69, 9.17) is 11.5 Å². The predicted octanol–water partition coefficient (Wildman–Crippen LogP) is 0.732. The van der Waals surface area contributed by atoms with Gasteiger partial charge in [0.2, 0.25) is 0 Å². The van der Waals surface area contributed by atoms with Crippen LogP contribution in [0, 0.1) is 23.7 Å². The van der Waals surface area contributed by atoms with Crippen LogP contribution < -0.4 is 11.5 Å². The number of nitrogens with two attached hydrogens (primary N) is 2. The summed E-state index contributed by atoms with van der Waals surface area (Å²) in [4.78, 5) is 0. The summed E-state index contributed by atoms with van der Waals surface area (Å²) in [6.45, 7) is 1.63. The average Bonchev–Trinajstić information content (AvgIpc) is 2.18. The summed E-state index contributed by atoms with van der Waals surface area (Å²) in [5, 5.41) is 0. The Morgan fingerprint density at radius 2 is 1.33 bits per heavy atom. The minimum Gasteiger partial charge on any atom is -0.330 e. The molecule has 1 fully saturated rings. The molecule has 68 valence electrons. The maximum atomic E-state index is 5.77. The lowest BCUT2D eigenvalue weighted by Gasteiger charge is -2.44. The standard InChI is InChI=1S/C10H18N2/c11-5-9-7-1-2-8(4-3-7)10(9)6-12/h1-2,7-10H,3-6,11-12H2/t7-,8+,9-,10-/m0/s1. The Labute approximate surface area is 74.0 Å². The maximum absolute atomic E-state index is 5.77. The lowest BCUT2D eigenvalue weighted by molar-refractivity contribution is 0.134. The fourth-order valence-corrected chi connectivity index (χ4v) is 2.91. The lowest BCUT2D eigenvalue weighted by atomic mass is 9.62. The van der Waals surface area contributed by atoms with Crippen molar-refractivity contribution in [3.05, 3.63) is 12.2 Å². The molecular weight excluding hydrogens is 148 g/mol. The van der Waals surface area contributed by atoms with E-state index in [0.29, 0.717) is 11.8 Å². The number of fused-ring (bicyclic) bond motifs is 2. The van der Waals surface area contributed by atoms with Crippen LogP contribution in [0.15, 0.2) is 12.2 Å². The number of allylic oxidation sites excluding steroid dienone is 2. The fourth-order valence-electron chi connectivity index (χ4n) is 2.91. The van der Waals surface area contributed by atoms with Crippen molar-refractivity contribution < 1.29 is 0 Å². The monoisotopic (exact) mass is 166 g/mol. The van der Waals surface area contributed by atoms with Gasteiger partial charge in [0.15, 0.2) is 0 Å². The van der Waals surface area contributed by atoms with Crippen LogP contribution in [0.1, 0.15) is 12.8 Å². The average molecular weight is 166 g/mol. The van der Waals surface area contributed by atoms with Crippen molar-refractivity contribution in [3.63, 3.8) is 0 Å². The van der Waals surface area contributed by atoms with E-state index in [9.17, 15) is 0 Å². The molecule has 3 aliphatic carbocycles. The van der Waals surface area contributed by atoms with Gasteiger partial charge in [-0.15, -0.1) is 0 Å². The second kappa shape index (κ2) is 3.19. The summed E-state index contributed by atoms with van der Waals surface area (Å²) in [7, 11) is 0. The SMILES string of the molecule is NC[C@@H]1[C@@H](CN)[C@H]2C=C[C@@H]1CC2. The Balaban J connectivity index is 2.18. The molecule has 0 heterocycles. The van der Waals surface area contributed by atoms with Crippen LogP contribution in [0.2, 0.25) is 0 Å². The lowest BCUT2D eigenvalue weighted by Crippen LogP contribution is -2.44. The van der Waals surface area contributed by atoms with E-state index in [2.05, 4.69) is 12.2 Å². The van der Waals surface area contributed by atoms with Crippen molar-refractivity contribution in [3.8, 4) is 0 Å². The third kappa shape index (κ3) is 1.10.